The van der Waals surface area contributed by atoms with E-state index in [2.05, 4.69) is 16.9 Å². The Balaban J connectivity index is 1.51. The molecule has 0 radical (unpaired) electrons. The fraction of sp³-hybridized carbons (Fsp3) is 0.346. The lowest BCUT2D eigenvalue weighted by Gasteiger charge is -2.58. The number of phenols is 1. The van der Waals surface area contributed by atoms with Gasteiger partial charge < -0.3 is 15.0 Å². The highest BCUT2D eigenvalue weighted by molar-refractivity contribution is 7.91. The van der Waals surface area contributed by atoms with Crippen molar-refractivity contribution in [3.8, 4) is 5.75 Å². The number of sulfone groups is 1. The van der Waals surface area contributed by atoms with Crippen molar-refractivity contribution in [2.24, 2.45) is 5.92 Å². The number of nitrogens with zero attached hydrogens (tertiary/aromatic N) is 1. The monoisotopic (exact) mass is 462 g/mol. The van der Waals surface area contributed by atoms with E-state index in [0.29, 0.717) is 18.9 Å². The van der Waals surface area contributed by atoms with Gasteiger partial charge in [-0.2, -0.15) is 0 Å². The van der Waals surface area contributed by atoms with Crippen LogP contribution in [0.2, 0.25) is 0 Å². The molecule has 7 heteroatoms. The van der Waals surface area contributed by atoms with Gasteiger partial charge in [0.25, 0.3) is 5.56 Å². The Morgan fingerprint density at radius 3 is 2.64 bits per heavy atom. The van der Waals surface area contributed by atoms with Crippen molar-refractivity contribution < 1.29 is 13.5 Å². The number of rotatable bonds is 2. The predicted molar refractivity (Wildman–Crippen MR) is 124 cm³/mol. The number of hydrogen-bond donors (Lipinski definition) is 2. The number of aromatic amines is 1. The molecule has 2 aliphatic carbocycles. The molecule has 1 aliphatic heterocycles. The lowest BCUT2D eigenvalue weighted by Crippen LogP contribution is -2.61. The predicted octanol–water partition coefficient (Wildman–Crippen LogP) is 2.83. The van der Waals surface area contributed by atoms with E-state index in [1.807, 2.05) is 12.1 Å². The minimum absolute atomic E-state index is 0.126. The highest BCUT2D eigenvalue weighted by atomic mass is 32.2. The molecular formula is C26H26N2O4S. The van der Waals surface area contributed by atoms with Gasteiger partial charge >= 0.3 is 0 Å². The number of likely N-dealkylation sites (tertiary alicyclic amines) is 1. The summed E-state index contributed by atoms with van der Waals surface area (Å²) in [7, 11) is -1.74. The first-order valence-electron chi connectivity index (χ1n) is 11.4. The van der Waals surface area contributed by atoms with Gasteiger partial charge in [-0.25, -0.2) is 8.42 Å². The molecule has 3 aromatic rings. The number of aromatic nitrogens is 1. The van der Waals surface area contributed by atoms with Gasteiger partial charge in [0.15, 0.2) is 0 Å². The molecule has 2 aromatic carbocycles. The number of aromatic hydroxyl groups is 1. The lowest BCUT2D eigenvalue weighted by molar-refractivity contribution is 0.0233. The molecule has 3 aliphatic rings. The van der Waals surface area contributed by atoms with Crippen molar-refractivity contribution in [3.63, 3.8) is 0 Å². The molecule has 33 heavy (non-hydrogen) atoms. The average Bonchev–Trinajstić information content (AvgIpc) is 2.80. The number of H-pyrrole nitrogens is 1. The van der Waals surface area contributed by atoms with Crippen molar-refractivity contribution in [2.75, 3.05) is 13.6 Å². The summed E-state index contributed by atoms with van der Waals surface area (Å²) < 4.78 is 26.4. The summed E-state index contributed by atoms with van der Waals surface area (Å²) in [5.41, 5.74) is 3.44. The Morgan fingerprint density at radius 2 is 1.85 bits per heavy atom. The normalized spacial score (nSPS) is 26.2. The Morgan fingerprint density at radius 1 is 1.06 bits per heavy atom. The van der Waals surface area contributed by atoms with Crippen molar-refractivity contribution in [3.05, 3.63) is 87.3 Å². The number of nitrogens with one attached hydrogen (secondary N) is 1. The second kappa shape index (κ2) is 7.05. The molecule has 1 aromatic heterocycles. The van der Waals surface area contributed by atoms with Gasteiger partial charge in [0.2, 0.25) is 9.84 Å². The van der Waals surface area contributed by atoms with E-state index in [1.54, 1.807) is 30.3 Å². The third-order valence-corrected chi connectivity index (χ3v) is 9.94. The van der Waals surface area contributed by atoms with Crippen molar-refractivity contribution in [1.82, 2.24) is 9.88 Å². The summed E-state index contributed by atoms with van der Waals surface area (Å²) in [6.07, 6.45) is 3.20. The first kappa shape index (κ1) is 20.7. The van der Waals surface area contributed by atoms with E-state index in [9.17, 15) is 18.3 Å². The van der Waals surface area contributed by atoms with E-state index in [0.717, 1.165) is 30.6 Å². The highest BCUT2D eigenvalue weighted by Crippen LogP contribution is 2.54. The van der Waals surface area contributed by atoms with E-state index in [-0.39, 0.29) is 26.9 Å². The molecule has 0 amide bonds. The minimum Gasteiger partial charge on any atom is -0.508 e. The molecule has 0 unspecified atom stereocenters. The zero-order valence-corrected chi connectivity index (χ0v) is 19.2. The maximum atomic E-state index is 13.2. The fourth-order valence-corrected chi connectivity index (χ4v) is 7.88. The number of piperidine rings is 1. The first-order valence-corrected chi connectivity index (χ1v) is 12.9. The van der Waals surface area contributed by atoms with Crippen LogP contribution in [-0.2, 0) is 34.5 Å². The standard InChI is InChI=1S/C26H26N2O4S/c1-28-10-9-26-15-22-17(11-21(26)23(28)12-16-7-8-18(29)14-20(16)26)13-24(25(30)27-22)33(31,32)19-5-3-2-4-6-19/h2-8,13-14,21,23,29H,9-12,15H2,1H3,(H,27,30)/t21-,23+,26+/m0/s1. The molecule has 170 valence electrons. The largest absolute Gasteiger partial charge is 0.508 e. The zero-order chi connectivity index (χ0) is 23.0. The van der Waals surface area contributed by atoms with Crippen molar-refractivity contribution in [1.29, 1.82) is 0 Å². The van der Waals surface area contributed by atoms with Gasteiger partial charge in [-0.05, 0) is 92.2 Å². The van der Waals surface area contributed by atoms with E-state index < -0.39 is 15.4 Å². The van der Waals surface area contributed by atoms with Crippen LogP contribution in [0.5, 0.6) is 5.75 Å². The summed E-state index contributed by atoms with van der Waals surface area (Å²) in [4.78, 5) is 18.3. The van der Waals surface area contributed by atoms with Gasteiger partial charge in [0.1, 0.15) is 10.6 Å². The second-order valence-electron chi connectivity index (χ2n) is 9.77. The molecule has 6 nitrogen and oxygen atoms in total. The van der Waals surface area contributed by atoms with Crippen LogP contribution >= 0.6 is 0 Å². The molecule has 0 spiro atoms. The first-order chi connectivity index (χ1) is 15.8. The highest BCUT2D eigenvalue weighted by Gasteiger charge is 2.54. The van der Waals surface area contributed by atoms with Crippen molar-refractivity contribution >= 4 is 9.84 Å². The summed E-state index contributed by atoms with van der Waals surface area (Å²) >= 11 is 0. The number of hydrogen-bond acceptors (Lipinski definition) is 5. The summed E-state index contributed by atoms with van der Waals surface area (Å²) in [5.74, 6) is 0.555. The fourth-order valence-electron chi connectivity index (χ4n) is 6.52. The van der Waals surface area contributed by atoms with E-state index in [4.69, 9.17) is 0 Å². The molecule has 0 saturated carbocycles. The van der Waals surface area contributed by atoms with Crippen LogP contribution in [-0.4, -0.2) is 43.0 Å². The lowest BCUT2D eigenvalue weighted by atomic mass is 9.52. The number of pyridine rings is 1. The third-order valence-electron chi connectivity index (χ3n) is 8.17. The van der Waals surface area contributed by atoms with Crippen LogP contribution in [0.4, 0.5) is 0 Å². The Bertz CT molecular complexity index is 1430. The summed E-state index contributed by atoms with van der Waals surface area (Å²) in [5, 5.41) is 10.3. The molecule has 1 fully saturated rings. The summed E-state index contributed by atoms with van der Waals surface area (Å²) in [6, 6.07) is 15.8. The smallest absolute Gasteiger partial charge is 0.267 e. The third kappa shape index (κ3) is 2.95. The minimum atomic E-state index is -3.91. The van der Waals surface area contributed by atoms with Gasteiger partial charge in [0.05, 0.1) is 4.90 Å². The van der Waals surface area contributed by atoms with Crippen LogP contribution in [0.15, 0.2) is 69.2 Å². The second-order valence-corrected chi connectivity index (χ2v) is 11.7. The maximum absolute atomic E-state index is 13.2. The molecule has 3 atom stereocenters. The number of fused-ring (bicyclic) bond motifs is 2. The molecular weight excluding hydrogens is 436 g/mol. The maximum Gasteiger partial charge on any atom is 0.267 e. The molecule has 6 rings (SSSR count). The SMILES string of the molecule is CN1CC[C@]23Cc4[nH]c(=O)c(S(=O)(=O)c5ccccc5)cc4C[C@H]2[C@H]1Cc1ccc(O)cc13. The van der Waals surface area contributed by atoms with Gasteiger partial charge in [-0.3, -0.25) is 4.79 Å². The van der Waals surface area contributed by atoms with E-state index >= 15 is 0 Å². The van der Waals surface area contributed by atoms with E-state index in [1.165, 1.54) is 23.3 Å². The molecule has 2 bridgehead atoms. The Hall–Kier alpha value is -2.90. The summed E-state index contributed by atoms with van der Waals surface area (Å²) in [6.45, 7) is 0.955. The van der Waals surface area contributed by atoms with Gasteiger partial charge in [-0.15, -0.1) is 0 Å². The molecule has 2 N–H and O–H groups in total. The average molecular weight is 463 g/mol. The van der Waals surface area contributed by atoms with Crippen LogP contribution in [0.3, 0.4) is 0 Å². The van der Waals surface area contributed by atoms with Gasteiger partial charge in [-0.1, -0.05) is 24.3 Å². The number of benzene rings is 2. The van der Waals surface area contributed by atoms with Crippen LogP contribution in [0.25, 0.3) is 0 Å². The van der Waals surface area contributed by atoms with Crippen LogP contribution in [0.1, 0.15) is 28.8 Å². The Labute approximate surface area is 192 Å². The zero-order valence-electron chi connectivity index (χ0n) is 18.4. The van der Waals surface area contributed by atoms with Crippen LogP contribution < -0.4 is 5.56 Å². The topological polar surface area (TPSA) is 90.5 Å². The Kier molecular flexibility index (Phi) is 4.42. The quantitative estimate of drug-likeness (QED) is 0.611. The van der Waals surface area contributed by atoms with Crippen molar-refractivity contribution in [2.45, 2.75) is 46.9 Å². The number of phenolic OH excluding ortho intramolecular Hbond substituents is 1. The number of likely N-dealkylation sites (N-methyl/N-ethyl adjacent to an activating group) is 1. The molecule has 1 saturated heterocycles. The van der Waals surface area contributed by atoms with Gasteiger partial charge in [0, 0.05) is 17.2 Å². The van der Waals surface area contributed by atoms with Crippen LogP contribution in [0, 0.1) is 5.92 Å². The molecule has 2 heterocycles.